The average Bonchev–Trinajstić information content (AvgIpc) is 2.95. The van der Waals surface area contributed by atoms with Gasteiger partial charge in [-0.25, -0.2) is 9.89 Å². The van der Waals surface area contributed by atoms with Gasteiger partial charge < -0.3 is 14.8 Å². The number of methoxy groups -OCH3 is 2. The number of thioether (sulfide) groups is 1. The average molecular weight is 401 g/mol. The van der Waals surface area contributed by atoms with Crippen LogP contribution < -0.4 is 15.7 Å². The Hall–Kier alpha value is -1.97. The Labute approximate surface area is 160 Å². The Balaban J connectivity index is 2.01. The predicted octanol–water partition coefficient (Wildman–Crippen LogP) is 2.39. The van der Waals surface area contributed by atoms with Gasteiger partial charge >= 0.3 is 5.69 Å². The summed E-state index contributed by atoms with van der Waals surface area (Å²) in [5.41, 5.74) is 0.255. The molecule has 1 aromatic carbocycles. The Bertz CT molecular complexity index is 808. The quantitative estimate of drug-likeness (QED) is 0.495. The summed E-state index contributed by atoms with van der Waals surface area (Å²) in [6.45, 7) is 2.74. The highest BCUT2D eigenvalue weighted by Crippen LogP contribution is 2.28. The van der Waals surface area contributed by atoms with Crippen molar-refractivity contribution in [1.29, 1.82) is 0 Å². The summed E-state index contributed by atoms with van der Waals surface area (Å²) in [5.74, 6) is 0.304. The molecule has 0 aliphatic carbocycles. The van der Waals surface area contributed by atoms with Crippen LogP contribution in [0.5, 0.6) is 5.75 Å². The normalized spacial score (nSPS) is 12.0. The zero-order valence-corrected chi connectivity index (χ0v) is 16.3. The van der Waals surface area contributed by atoms with Crippen LogP contribution in [0, 0.1) is 0 Å². The van der Waals surface area contributed by atoms with Gasteiger partial charge in [0.05, 0.1) is 17.4 Å². The van der Waals surface area contributed by atoms with Gasteiger partial charge in [0, 0.05) is 25.9 Å². The van der Waals surface area contributed by atoms with Gasteiger partial charge in [-0.3, -0.25) is 9.36 Å². The molecule has 8 nitrogen and oxygen atoms in total. The van der Waals surface area contributed by atoms with Crippen molar-refractivity contribution < 1.29 is 14.3 Å². The highest BCUT2D eigenvalue weighted by Gasteiger charge is 2.19. The number of anilines is 1. The van der Waals surface area contributed by atoms with Gasteiger partial charge in [-0.1, -0.05) is 23.4 Å². The lowest BCUT2D eigenvalue weighted by molar-refractivity contribution is -0.115. The van der Waals surface area contributed by atoms with Gasteiger partial charge in [-0.15, -0.1) is 5.10 Å². The maximum absolute atomic E-state index is 12.4. The number of rotatable bonds is 9. The van der Waals surface area contributed by atoms with Crippen LogP contribution in [-0.4, -0.2) is 46.7 Å². The van der Waals surface area contributed by atoms with Crippen LogP contribution in [0.3, 0.4) is 0 Å². The van der Waals surface area contributed by atoms with Crippen molar-refractivity contribution >= 4 is 35.0 Å². The third kappa shape index (κ3) is 5.26. The van der Waals surface area contributed by atoms with E-state index in [1.165, 1.54) is 23.4 Å². The predicted molar refractivity (Wildman–Crippen MR) is 101 cm³/mol. The van der Waals surface area contributed by atoms with Crippen LogP contribution in [0.25, 0.3) is 0 Å². The zero-order chi connectivity index (χ0) is 19.1. The number of carbonyl (C=O) groups excluding carboxylic acids is 1. The van der Waals surface area contributed by atoms with Gasteiger partial charge in [0.1, 0.15) is 5.75 Å². The topological polar surface area (TPSA) is 98.2 Å². The van der Waals surface area contributed by atoms with Gasteiger partial charge in [0.15, 0.2) is 5.16 Å². The Morgan fingerprint density at radius 3 is 2.88 bits per heavy atom. The molecular weight excluding hydrogens is 380 g/mol. The first-order chi connectivity index (χ1) is 12.5. The SMILES string of the molecule is COCCCn1c(S[C@@H](C)C(=O)Nc2ccc(OC)c(Cl)c2)n[nH]c1=O. The molecule has 0 spiro atoms. The fourth-order valence-corrected chi connectivity index (χ4v) is 3.30. The first-order valence-corrected chi connectivity index (χ1v) is 9.17. The molecule has 0 saturated heterocycles. The van der Waals surface area contributed by atoms with E-state index in [0.29, 0.717) is 41.2 Å². The minimum absolute atomic E-state index is 0.227. The Kier molecular flexibility index (Phi) is 7.55. The zero-order valence-electron chi connectivity index (χ0n) is 14.7. The summed E-state index contributed by atoms with van der Waals surface area (Å²) in [6, 6.07) is 5.00. The number of hydrogen-bond acceptors (Lipinski definition) is 6. The molecule has 0 unspecified atom stereocenters. The largest absolute Gasteiger partial charge is 0.495 e. The Morgan fingerprint density at radius 1 is 1.46 bits per heavy atom. The van der Waals surface area contributed by atoms with Gasteiger partial charge in [0.25, 0.3) is 0 Å². The number of carbonyl (C=O) groups is 1. The van der Waals surface area contributed by atoms with E-state index in [4.69, 9.17) is 21.1 Å². The van der Waals surface area contributed by atoms with E-state index < -0.39 is 5.25 Å². The number of nitrogens with zero attached hydrogens (tertiary/aromatic N) is 2. The summed E-state index contributed by atoms with van der Waals surface area (Å²) in [7, 11) is 3.12. The van der Waals surface area contributed by atoms with E-state index in [0.717, 1.165) is 0 Å². The van der Waals surface area contributed by atoms with Crippen molar-refractivity contribution in [2.24, 2.45) is 0 Å². The smallest absolute Gasteiger partial charge is 0.343 e. The number of halogens is 1. The molecule has 2 N–H and O–H groups in total. The standard InChI is InChI=1S/C16H21ClN4O4S/c1-10(14(22)18-11-5-6-13(25-3)12(17)9-11)26-16-20-19-15(23)21(16)7-4-8-24-2/h5-6,9-10H,4,7-8H2,1-3H3,(H,18,22)(H,19,23)/t10-/m0/s1. The second-order valence-electron chi connectivity index (χ2n) is 5.41. The van der Waals surface area contributed by atoms with Crippen LogP contribution in [0.4, 0.5) is 5.69 Å². The third-order valence-electron chi connectivity index (χ3n) is 3.52. The minimum atomic E-state index is -0.466. The maximum atomic E-state index is 12.4. The van der Waals surface area contributed by atoms with Crippen LogP contribution in [0.15, 0.2) is 28.2 Å². The first-order valence-electron chi connectivity index (χ1n) is 7.91. The molecule has 26 heavy (non-hydrogen) atoms. The van der Waals surface area contributed by atoms with Crippen LogP contribution >= 0.6 is 23.4 Å². The van der Waals surface area contributed by atoms with E-state index in [2.05, 4.69) is 15.5 Å². The van der Waals surface area contributed by atoms with Crippen LogP contribution in [0.2, 0.25) is 5.02 Å². The molecule has 0 radical (unpaired) electrons. The number of nitrogens with one attached hydrogen (secondary N) is 2. The van der Waals surface area contributed by atoms with Crippen LogP contribution in [0.1, 0.15) is 13.3 Å². The van der Waals surface area contributed by atoms with Crippen molar-refractivity contribution in [2.45, 2.75) is 30.3 Å². The number of ether oxygens (including phenoxy) is 2. The first kappa shape index (κ1) is 20.3. The molecule has 142 valence electrons. The molecule has 0 aliphatic rings. The molecule has 2 rings (SSSR count). The summed E-state index contributed by atoms with van der Waals surface area (Å²) in [4.78, 5) is 24.2. The van der Waals surface area contributed by atoms with E-state index in [1.807, 2.05) is 0 Å². The lowest BCUT2D eigenvalue weighted by Crippen LogP contribution is -2.24. The van der Waals surface area contributed by atoms with Gasteiger partial charge in [-0.2, -0.15) is 0 Å². The molecule has 0 saturated carbocycles. The number of H-pyrrole nitrogens is 1. The monoisotopic (exact) mass is 400 g/mol. The summed E-state index contributed by atoms with van der Waals surface area (Å²) in [5, 5.41) is 9.59. The number of benzene rings is 1. The molecule has 1 atom stereocenters. The van der Waals surface area contributed by atoms with E-state index in [1.54, 1.807) is 32.2 Å². The van der Waals surface area contributed by atoms with E-state index in [9.17, 15) is 9.59 Å². The molecule has 0 aliphatic heterocycles. The van der Waals surface area contributed by atoms with Crippen molar-refractivity contribution in [3.05, 3.63) is 33.7 Å². The van der Waals surface area contributed by atoms with Gasteiger partial charge in [0.2, 0.25) is 5.91 Å². The third-order valence-corrected chi connectivity index (χ3v) is 4.91. The molecule has 1 amide bonds. The number of amides is 1. The van der Waals surface area contributed by atoms with Crippen LogP contribution in [-0.2, 0) is 16.1 Å². The molecule has 2 aromatic rings. The lowest BCUT2D eigenvalue weighted by Gasteiger charge is -2.13. The number of aromatic amines is 1. The van der Waals surface area contributed by atoms with Crippen molar-refractivity contribution in [3.63, 3.8) is 0 Å². The fraction of sp³-hybridized carbons (Fsp3) is 0.438. The van der Waals surface area contributed by atoms with E-state index >= 15 is 0 Å². The van der Waals surface area contributed by atoms with Crippen molar-refractivity contribution in [3.8, 4) is 5.75 Å². The molecule has 1 aromatic heterocycles. The second-order valence-corrected chi connectivity index (χ2v) is 7.12. The number of hydrogen-bond donors (Lipinski definition) is 2. The summed E-state index contributed by atoms with van der Waals surface area (Å²) < 4.78 is 11.6. The molecule has 1 heterocycles. The molecule has 0 bridgehead atoms. The summed E-state index contributed by atoms with van der Waals surface area (Å²) in [6.07, 6.45) is 0.675. The minimum Gasteiger partial charge on any atom is -0.495 e. The summed E-state index contributed by atoms with van der Waals surface area (Å²) >= 11 is 7.26. The Morgan fingerprint density at radius 2 is 2.23 bits per heavy atom. The highest BCUT2D eigenvalue weighted by atomic mass is 35.5. The molecular formula is C16H21ClN4O4S. The van der Waals surface area contributed by atoms with Crippen molar-refractivity contribution in [2.75, 3.05) is 26.1 Å². The molecule has 10 heteroatoms. The second kappa shape index (κ2) is 9.65. The molecule has 0 fully saturated rings. The van der Waals surface area contributed by atoms with E-state index in [-0.39, 0.29) is 11.6 Å². The van der Waals surface area contributed by atoms with Crippen molar-refractivity contribution in [1.82, 2.24) is 14.8 Å². The maximum Gasteiger partial charge on any atom is 0.343 e. The van der Waals surface area contributed by atoms with Gasteiger partial charge in [-0.05, 0) is 31.5 Å². The number of aromatic nitrogens is 3. The lowest BCUT2D eigenvalue weighted by atomic mass is 10.3. The fourth-order valence-electron chi connectivity index (χ4n) is 2.16. The highest BCUT2D eigenvalue weighted by molar-refractivity contribution is 8.00.